The zero-order chi connectivity index (χ0) is 9.36. The van der Waals surface area contributed by atoms with Gasteiger partial charge in [0, 0.05) is 0 Å². The summed E-state index contributed by atoms with van der Waals surface area (Å²) >= 11 is 0. The van der Waals surface area contributed by atoms with Crippen LogP contribution >= 0.6 is 0 Å². The molecule has 0 atom stereocenters. The predicted octanol–water partition coefficient (Wildman–Crippen LogP) is 1.71. The van der Waals surface area contributed by atoms with Crippen molar-refractivity contribution in [3.8, 4) is 0 Å². The number of rotatable bonds is 5. The van der Waals surface area contributed by atoms with Gasteiger partial charge in [-0.15, -0.1) is 0 Å². The van der Waals surface area contributed by atoms with Gasteiger partial charge in [0.25, 0.3) is 0 Å². The molecular weight excluding hydrogens is 164 g/mol. The van der Waals surface area contributed by atoms with Crippen LogP contribution in [0.4, 0.5) is 0 Å². The van der Waals surface area contributed by atoms with Crippen molar-refractivity contribution in [2.75, 3.05) is 19.8 Å². The van der Waals surface area contributed by atoms with Crippen LogP contribution in [0.1, 0.15) is 5.56 Å². The van der Waals surface area contributed by atoms with Crippen LogP contribution in [0.25, 0.3) is 6.08 Å². The Morgan fingerprint density at radius 1 is 1.23 bits per heavy atom. The predicted molar refractivity (Wildman–Crippen MR) is 53.4 cm³/mol. The van der Waals surface area contributed by atoms with Gasteiger partial charge >= 0.3 is 0 Å². The van der Waals surface area contributed by atoms with Crippen molar-refractivity contribution in [3.63, 3.8) is 0 Å². The lowest BCUT2D eigenvalue weighted by Crippen LogP contribution is -1.97. The van der Waals surface area contributed by atoms with Crippen LogP contribution in [-0.2, 0) is 4.74 Å². The lowest BCUT2D eigenvalue weighted by atomic mass is 10.2. The fraction of sp³-hybridized carbons (Fsp3) is 0.273. The van der Waals surface area contributed by atoms with Crippen molar-refractivity contribution in [3.05, 3.63) is 42.0 Å². The van der Waals surface area contributed by atoms with Crippen LogP contribution in [0.2, 0.25) is 0 Å². The molecule has 0 saturated carbocycles. The first-order valence-corrected chi connectivity index (χ1v) is 4.33. The molecule has 0 heterocycles. The van der Waals surface area contributed by atoms with Gasteiger partial charge in [-0.05, 0) is 5.56 Å². The molecule has 13 heavy (non-hydrogen) atoms. The van der Waals surface area contributed by atoms with Gasteiger partial charge in [-0.3, -0.25) is 0 Å². The lowest BCUT2D eigenvalue weighted by Gasteiger charge is -1.95. The first kappa shape index (κ1) is 9.96. The standard InChI is InChI=1S/C11H14O2/c12-8-10-13-9-4-7-11-5-2-1-3-6-11/h1-7,12H,8-10H2/b7-4-. The molecule has 0 aromatic heterocycles. The van der Waals surface area contributed by atoms with Crippen molar-refractivity contribution in [1.29, 1.82) is 0 Å². The van der Waals surface area contributed by atoms with E-state index in [0.717, 1.165) is 5.56 Å². The van der Waals surface area contributed by atoms with Gasteiger partial charge in [-0.25, -0.2) is 0 Å². The van der Waals surface area contributed by atoms with Gasteiger partial charge < -0.3 is 9.84 Å². The maximum absolute atomic E-state index is 8.43. The minimum Gasteiger partial charge on any atom is -0.394 e. The van der Waals surface area contributed by atoms with Crippen molar-refractivity contribution >= 4 is 6.08 Å². The van der Waals surface area contributed by atoms with E-state index in [1.54, 1.807) is 0 Å². The normalized spacial score (nSPS) is 10.8. The Labute approximate surface area is 78.5 Å². The van der Waals surface area contributed by atoms with E-state index in [-0.39, 0.29) is 6.61 Å². The number of hydrogen-bond donors (Lipinski definition) is 1. The number of ether oxygens (including phenoxy) is 1. The largest absolute Gasteiger partial charge is 0.394 e. The molecule has 2 nitrogen and oxygen atoms in total. The van der Waals surface area contributed by atoms with Gasteiger partial charge in [0.05, 0.1) is 19.8 Å². The third-order valence-electron chi connectivity index (χ3n) is 1.56. The second-order valence-electron chi connectivity index (χ2n) is 2.61. The van der Waals surface area contributed by atoms with E-state index in [1.807, 2.05) is 42.5 Å². The van der Waals surface area contributed by atoms with Gasteiger partial charge in [0.15, 0.2) is 0 Å². The molecule has 0 bridgehead atoms. The third kappa shape index (κ3) is 4.45. The Kier molecular flexibility index (Phi) is 4.91. The van der Waals surface area contributed by atoms with E-state index < -0.39 is 0 Å². The molecule has 0 aliphatic rings. The summed E-state index contributed by atoms with van der Waals surface area (Å²) in [5.41, 5.74) is 1.16. The first-order chi connectivity index (χ1) is 6.43. The van der Waals surface area contributed by atoms with Crippen LogP contribution in [0.15, 0.2) is 36.4 Å². The average Bonchev–Trinajstić information content (AvgIpc) is 2.19. The molecule has 1 N–H and O–H groups in total. The maximum Gasteiger partial charge on any atom is 0.0701 e. The molecule has 0 saturated heterocycles. The van der Waals surface area contributed by atoms with E-state index in [1.165, 1.54) is 0 Å². The molecule has 70 valence electrons. The molecule has 2 heteroatoms. The minimum atomic E-state index is 0.0825. The van der Waals surface area contributed by atoms with Gasteiger partial charge in [0.2, 0.25) is 0 Å². The fourth-order valence-corrected chi connectivity index (χ4v) is 0.964. The molecule has 0 aliphatic heterocycles. The van der Waals surface area contributed by atoms with Crippen molar-refractivity contribution in [2.24, 2.45) is 0 Å². The van der Waals surface area contributed by atoms with Crippen LogP contribution in [0, 0.1) is 0 Å². The summed E-state index contributed by atoms with van der Waals surface area (Å²) in [5, 5.41) is 8.43. The number of hydrogen-bond acceptors (Lipinski definition) is 2. The van der Waals surface area contributed by atoms with Crippen LogP contribution < -0.4 is 0 Å². The molecular formula is C11H14O2. The fourth-order valence-electron chi connectivity index (χ4n) is 0.964. The molecule has 0 radical (unpaired) electrons. The summed E-state index contributed by atoms with van der Waals surface area (Å²) in [5.74, 6) is 0. The molecule has 0 unspecified atom stereocenters. The Balaban J connectivity index is 2.25. The summed E-state index contributed by atoms with van der Waals surface area (Å²) in [6.07, 6.45) is 3.93. The van der Waals surface area contributed by atoms with E-state index >= 15 is 0 Å². The SMILES string of the molecule is OCCOC/C=C\c1ccccc1. The highest BCUT2D eigenvalue weighted by molar-refractivity contribution is 5.48. The Morgan fingerprint density at radius 3 is 2.69 bits per heavy atom. The Morgan fingerprint density at radius 2 is 2.00 bits per heavy atom. The monoisotopic (exact) mass is 178 g/mol. The average molecular weight is 178 g/mol. The van der Waals surface area contributed by atoms with Crippen molar-refractivity contribution in [1.82, 2.24) is 0 Å². The second-order valence-corrected chi connectivity index (χ2v) is 2.61. The Hall–Kier alpha value is -1.12. The minimum absolute atomic E-state index is 0.0825. The highest BCUT2D eigenvalue weighted by atomic mass is 16.5. The zero-order valence-corrected chi connectivity index (χ0v) is 7.52. The Bertz CT molecular complexity index is 242. The third-order valence-corrected chi connectivity index (χ3v) is 1.56. The van der Waals surface area contributed by atoms with Gasteiger partial charge in [0.1, 0.15) is 0 Å². The second kappa shape index (κ2) is 6.40. The summed E-state index contributed by atoms with van der Waals surface area (Å²) in [6, 6.07) is 10.0. The van der Waals surface area contributed by atoms with E-state index in [9.17, 15) is 0 Å². The molecule has 1 aromatic carbocycles. The molecule has 0 amide bonds. The van der Waals surface area contributed by atoms with Gasteiger partial charge in [-0.2, -0.15) is 0 Å². The molecule has 0 fully saturated rings. The highest BCUT2D eigenvalue weighted by Crippen LogP contribution is 2.00. The highest BCUT2D eigenvalue weighted by Gasteiger charge is 1.83. The number of aliphatic hydroxyl groups is 1. The summed E-state index contributed by atoms with van der Waals surface area (Å²) < 4.78 is 5.07. The molecule has 1 rings (SSSR count). The lowest BCUT2D eigenvalue weighted by molar-refractivity contribution is 0.112. The number of benzene rings is 1. The van der Waals surface area contributed by atoms with E-state index in [2.05, 4.69) is 0 Å². The zero-order valence-electron chi connectivity index (χ0n) is 7.52. The molecule has 0 aliphatic carbocycles. The summed E-state index contributed by atoms with van der Waals surface area (Å²) in [7, 11) is 0. The quantitative estimate of drug-likeness (QED) is 0.695. The van der Waals surface area contributed by atoms with Crippen molar-refractivity contribution < 1.29 is 9.84 Å². The van der Waals surface area contributed by atoms with Gasteiger partial charge in [-0.1, -0.05) is 42.5 Å². The molecule has 0 spiro atoms. The van der Waals surface area contributed by atoms with E-state index in [4.69, 9.17) is 9.84 Å². The smallest absolute Gasteiger partial charge is 0.0701 e. The summed E-state index contributed by atoms with van der Waals surface area (Å²) in [4.78, 5) is 0. The summed E-state index contributed by atoms with van der Waals surface area (Å²) in [6.45, 7) is 1.04. The van der Waals surface area contributed by atoms with Crippen LogP contribution in [0.5, 0.6) is 0 Å². The molecule has 1 aromatic rings. The maximum atomic E-state index is 8.43. The van der Waals surface area contributed by atoms with E-state index in [0.29, 0.717) is 13.2 Å². The van der Waals surface area contributed by atoms with Crippen LogP contribution in [0.3, 0.4) is 0 Å². The topological polar surface area (TPSA) is 29.5 Å². The van der Waals surface area contributed by atoms with Crippen LogP contribution in [-0.4, -0.2) is 24.9 Å². The number of aliphatic hydroxyl groups excluding tert-OH is 1. The van der Waals surface area contributed by atoms with Crippen molar-refractivity contribution in [2.45, 2.75) is 0 Å². The first-order valence-electron chi connectivity index (χ1n) is 4.33.